The third kappa shape index (κ3) is 3.94. The standard InChI is InChI=1S/C23H28NO5Si/c1-13(25)24-17-9-7-14-11-19(27-2)22(28-3)23(29-4)21(14)15-8-10-20(30(5)6)18(26)12-16(15)17/h8,10-12,17H,7,9H2,1-6H3,(H,24,25). The van der Waals surface area contributed by atoms with Gasteiger partial charge >= 0.3 is 0 Å². The van der Waals surface area contributed by atoms with E-state index >= 15 is 0 Å². The number of carbonyl (C=O) groups is 1. The Hall–Kier alpha value is -2.80. The lowest BCUT2D eigenvalue weighted by atomic mass is 9.95. The van der Waals surface area contributed by atoms with Crippen LogP contribution in [0.5, 0.6) is 17.2 Å². The number of rotatable bonds is 5. The van der Waals surface area contributed by atoms with E-state index in [1.807, 2.05) is 18.2 Å². The summed E-state index contributed by atoms with van der Waals surface area (Å²) in [7, 11) is 3.81. The number of methoxy groups -OCH3 is 3. The van der Waals surface area contributed by atoms with Crippen molar-refractivity contribution in [2.75, 3.05) is 21.3 Å². The molecule has 0 saturated carbocycles. The Labute approximate surface area is 178 Å². The van der Waals surface area contributed by atoms with Gasteiger partial charge in [0.1, 0.15) is 0 Å². The molecule has 30 heavy (non-hydrogen) atoms. The van der Waals surface area contributed by atoms with Gasteiger partial charge in [0.15, 0.2) is 16.9 Å². The summed E-state index contributed by atoms with van der Waals surface area (Å²) in [6.45, 7) is 5.69. The fourth-order valence-corrected chi connectivity index (χ4v) is 5.10. The summed E-state index contributed by atoms with van der Waals surface area (Å²) in [5.41, 5.74) is 3.57. The summed E-state index contributed by atoms with van der Waals surface area (Å²) in [5.74, 6) is 1.53. The molecule has 0 fully saturated rings. The molecule has 0 heterocycles. The Bertz CT molecular complexity index is 1030. The van der Waals surface area contributed by atoms with Gasteiger partial charge in [0.25, 0.3) is 0 Å². The summed E-state index contributed by atoms with van der Waals surface area (Å²) in [6, 6.07) is 7.28. The van der Waals surface area contributed by atoms with Crippen molar-refractivity contribution in [1.29, 1.82) is 0 Å². The van der Waals surface area contributed by atoms with Crippen LogP contribution in [0, 0.1) is 0 Å². The molecule has 0 aliphatic heterocycles. The molecule has 159 valence electrons. The van der Waals surface area contributed by atoms with E-state index in [0.29, 0.717) is 30.1 Å². The van der Waals surface area contributed by atoms with E-state index in [-0.39, 0.29) is 17.4 Å². The smallest absolute Gasteiger partial charge is 0.217 e. The Morgan fingerprint density at radius 2 is 1.77 bits per heavy atom. The molecule has 0 aromatic heterocycles. The van der Waals surface area contributed by atoms with Gasteiger partial charge in [-0.1, -0.05) is 25.2 Å². The second kappa shape index (κ2) is 8.91. The maximum atomic E-state index is 13.0. The van der Waals surface area contributed by atoms with Crippen molar-refractivity contribution in [2.24, 2.45) is 0 Å². The van der Waals surface area contributed by atoms with E-state index < -0.39 is 8.80 Å². The van der Waals surface area contributed by atoms with Crippen molar-refractivity contribution in [2.45, 2.75) is 38.9 Å². The van der Waals surface area contributed by atoms with Gasteiger partial charge in [0.2, 0.25) is 11.7 Å². The molecule has 0 saturated heterocycles. The molecule has 6 nitrogen and oxygen atoms in total. The van der Waals surface area contributed by atoms with Crippen LogP contribution in [0.1, 0.15) is 30.5 Å². The molecule has 1 unspecified atom stereocenters. The molecule has 1 amide bonds. The number of nitrogens with one attached hydrogen (secondary N) is 1. The maximum absolute atomic E-state index is 13.0. The first-order valence-electron chi connectivity index (χ1n) is 9.90. The van der Waals surface area contributed by atoms with Crippen molar-refractivity contribution in [3.05, 3.63) is 45.6 Å². The van der Waals surface area contributed by atoms with Crippen LogP contribution in [0.3, 0.4) is 0 Å². The number of benzene rings is 1. The Balaban J connectivity index is 2.43. The van der Waals surface area contributed by atoms with E-state index in [1.165, 1.54) is 6.92 Å². The zero-order valence-corrected chi connectivity index (χ0v) is 19.3. The van der Waals surface area contributed by atoms with Crippen molar-refractivity contribution in [3.8, 4) is 28.4 Å². The van der Waals surface area contributed by atoms with E-state index in [4.69, 9.17) is 14.2 Å². The quantitative estimate of drug-likeness (QED) is 0.745. The zero-order valence-electron chi connectivity index (χ0n) is 18.3. The molecule has 0 bridgehead atoms. The van der Waals surface area contributed by atoms with Crippen LogP contribution in [-0.4, -0.2) is 36.0 Å². The van der Waals surface area contributed by atoms with E-state index in [9.17, 15) is 9.59 Å². The van der Waals surface area contributed by atoms with Crippen molar-refractivity contribution in [1.82, 2.24) is 5.32 Å². The molecule has 2 aromatic carbocycles. The predicted molar refractivity (Wildman–Crippen MR) is 120 cm³/mol. The fourth-order valence-electron chi connectivity index (χ4n) is 4.12. The molecule has 1 N–H and O–H groups in total. The van der Waals surface area contributed by atoms with Crippen LogP contribution >= 0.6 is 0 Å². The Morgan fingerprint density at radius 3 is 2.33 bits per heavy atom. The number of carbonyl (C=O) groups excluding carboxylic acids is 1. The molecule has 1 atom stereocenters. The van der Waals surface area contributed by atoms with Crippen molar-refractivity contribution in [3.63, 3.8) is 0 Å². The molecule has 1 radical (unpaired) electrons. The second-order valence-corrected chi connectivity index (χ2v) is 10.1. The molecule has 1 aliphatic rings. The number of fused-ring (bicyclic) bond motifs is 3. The van der Waals surface area contributed by atoms with Gasteiger partial charge in [0, 0.05) is 12.5 Å². The molecule has 0 spiro atoms. The third-order valence-corrected chi connectivity index (χ3v) is 6.95. The second-order valence-electron chi connectivity index (χ2n) is 7.60. The number of amides is 1. The Kier molecular flexibility index (Phi) is 6.51. The van der Waals surface area contributed by atoms with Crippen molar-refractivity contribution < 1.29 is 19.0 Å². The third-order valence-electron chi connectivity index (χ3n) is 5.45. The molecule has 3 rings (SSSR count). The highest BCUT2D eigenvalue weighted by atomic mass is 28.3. The summed E-state index contributed by atoms with van der Waals surface area (Å²) in [4.78, 5) is 24.9. The lowest BCUT2D eigenvalue weighted by Crippen LogP contribution is -2.35. The first kappa shape index (κ1) is 21.9. The number of hydrogen-bond acceptors (Lipinski definition) is 5. The van der Waals surface area contributed by atoms with Crippen LogP contribution in [-0.2, 0) is 11.2 Å². The highest BCUT2D eigenvalue weighted by Gasteiger charge is 2.29. The highest BCUT2D eigenvalue weighted by molar-refractivity contribution is 6.70. The van der Waals surface area contributed by atoms with Crippen LogP contribution in [0.2, 0.25) is 13.1 Å². The van der Waals surface area contributed by atoms with Crippen LogP contribution in [0.25, 0.3) is 11.1 Å². The highest BCUT2D eigenvalue weighted by Crippen LogP contribution is 2.50. The van der Waals surface area contributed by atoms with Gasteiger partial charge < -0.3 is 19.5 Å². The average Bonchev–Trinajstić information content (AvgIpc) is 2.95. The number of aryl methyl sites for hydroxylation is 1. The predicted octanol–water partition coefficient (Wildman–Crippen LogP) is 2.82. The number of hydrogen-bond donors (Lipinski definition) is 1. The number of ether oxygens (including phenoxy) is 3. The molecular formula is C23H28NO5Si. The lowest BCUT2D eigenvalue weighted by Gasteiger charge is -2.19. The minimum absolute atomic E-state index is 0.00776. The summed E-state index contributed by atoms with van der Waals surface area (Å²) in [5, 5.41) is 3.85. The van der Waals surface area contributed by atoms with Crippen LogP contribution < -0.4 is 30.1 Å². The summed E-state index contributed by atoms with van der Waals surface area (Å²) >= 11 is 0. The van der Waals surface area contributed by atoms with Crippen LogP contribution in [0.15, 0.2) is 29.1 Å². The molecular weight excluding hydrogens is 398 g/mol. The van der Waals surface area contributed by atoms with E-state index in [2.05, 4.69) is 18.4 Å². The monoisotopic (exact) mass is 426 g/mol. The van der Waals surface area contributed by atoms with Gasteiger partial charge in [-0.15, -0.1) is 0 Å². The minimum Gasteiger partial charge on any atom is -0.493 e. The van der Waals surface area contributed by atoms with Crippen LogP contribution in [0.4, 0.5) is 0 Å². The fraction of sp³-hybridized carbons (Fsp3) is 0.391. The van der Waals surface area contributed by atoms with E-state index in [0.717, 1.165) is 27.4 Å². The van der Waals surface area contributed by atoms with E-state index in [1.54, 1.807) is 27.4 Å². The normalized spacial score (nSPS) is 15.0. The van der Waals surface area contributed by atoms with Crippen molar-refractivity contribution >= 4 is 19.9 Å². The summed E-state index contributed by atoms with van der Waals surface area (Å²) in [6.07, 6.45) is 1.35. The minimum atomic E-state index is -0.954. The van der Waals surface area contributed by atoms with Gasteiger partial charge in [0.05, 0.1) is 36.2 Å². The van der Waals surface area contributed by atoms with Gasteiger partial charge in [-0.25, -0.2) is 0 Å². The topological polar surface area (TPSA) is 73.9 Å². The van der Waals surface area contributed by atoms with Gasteiger partial charge in [-0.3, -0.25) is 9.59 Å². The zero-order chi connectivity index (χ0) is 22.0. The molecule has 2 aromatic rings. The summed E-state index contributed by atoms with van der Waals surface area (Å²) < 4.78 is 16.9. The molecule has 1 aliphatic carbocycles. The van der Waals surface area contributed by atoms with Gasteiger partial charge in [-0.05, 0) is 46.9 Å². The average molecular weight is 427 g/mol. The first-order chi connectivity index (χ1) is 14.3. The van der Waals surface area contributed by atoms with Gasteiger partial charge in [-0.2, -0.15) is 0 Å². The maximum Gasteiger partial charge on any atom is 0.217 e. The largest absolute Gasteiger partial charge is 0.493 e. The lowest BCUT2D eigenvalue weighted by molar-refractivity contribution is -0.119. The molecule has 7 heteroatoms. The first-order valence-corrected chi connectivity index (χ1v) is 12.4. The SMILES string of the molecule is COc1cc2c(c(OC)c1OC)-c1ccc([Si](C)C)c(=O)cc1C(NC(C)=O)CC2. The Morgan fingerprint density at radius 1 is 1.07 bits per heavy atom.